The Hall–Kier alpha value is -1.23. The Labute approximate surface area is 124 Å². The van der Waals surface area contributed by atoms with E-state index in [1.165, 1.54) is 12.1 Å². The van der Waals surface area contributed by atoms with Crippen molar-refractivity contribution in [1.82, 2.24) is 5.32 Å². The summed E-state index contributed by atoms with van der Waals surface area (Å²) in [6, 6.07) is 6.55. The highest BCUT2D eigenvalue weighted by atomic mass is 19.4. The van der Waals surface area contributed by atoms with E-state index < -0.39 is 6.36 Å². The number of hydrogen-bond acceptors (Lipinski definition) is 2. The number of benzene rings is 1. The molecule has 0 heterocycles. The van der Waals surface area contributed by atoms with E-state index >= 15 is 0 Å². The molecule has 2 nitrogen and oxygen atoms in total. The molecule has 0 spiro atoms. The average molecular weight is 303 g/mol. The van der Waals surface area contributed by atoms with E-state index in [-0.39, 0.29) is 5.75 Å². The molecule has 0 bridgehead atoms. The molecule has 0 radical (unpaired) electrons. The zero-order valence-corrected chi connectivity index (χ0v) is 12.8. The lowest BCUT2D eigenvalue weighted by atomic mass is 9.90. The minimum absolute atomic E-state index is 0.170. The molecule has 0 aliphatic heterocycles. The van der Waals surface area contributed by atoms with Crippen molar-refractivity contribution >= 4 is 0 Å². The van der Waals surface area contributed by atoms with Crippen LogP contribution >= 0.6 is 0 Å². The second kappa shape index (κ2) is 8.27. The quantitative estimate of drug-likeness (QED) is 0.761. The van der Waals surface area contributed by atoms with E-state index in [2.05, 4.69) is 30.8 Å². The standard InChI is InChI=1S/C16H24F3NO/c1-4-10-20-12(3)14(5-2)11-13-6-8-15(9-7-13)21-16(17,18)19/h6-9,12,14,20H,4-5,10-11H2,1-3H3. The van der Waals surface area contributed by atoms with Crippen LogP contribution in [0.2, 0.25) is 0 Å². The van der Waals surface area contributed by atoms with E-state index in [9.17, 15) is 13.2 Å². The van der Waals surface area contributed by atoms with Crippen molar-refractivity contribution in [3.63, 3.8) is 0 Å². The zero-order valence-electron chi connectivity index (χ0n) is 12.8. The number of nitrogens with one attached hydrogen (secondary N) is 1. The van der Waals surface area contributed by atoms with Crippen molar-refractivity contribution < 1.29 is 17.9 Å². The summed E-state index contributed by atoms with van der Waals surface area (Å²) in [6.07, 6.45) is -1.67. The summed E-state index contributed by atoms with van der Waals surface area (Å²) in [5.74, 6) is 0.294. The predicted molar refractivity (Wildman–Crippen MR) is 78.4 cm³/mol. The summed E-state index contributed by atoms with van der Waals surface area (Å²) in [6.45, 7) is 7.40. The first-order chi connectivity index (χ1) is 9.85. The summed E-state index contributed by atoms with van der Waals surface area (Å²) < 4.78 is 40.2. The predicted octanol–water partition coefficient (Wildman–Crippen LogP) is 4.54. The maximum atomic E-state index is 12.1. The van der Waals surface area contributed by atoms with E-state index in [1.54, 1.807) is 12.1 Å². The van der Waals surface area contributed by atoms with Crippen LogP contribution in [-0.4, -0.2) is 18.9 Å². The van der Waals surface area contributed by atoms with Gasteiger partial charge in [0.25, 0.3) is 0 Å². The fourth-order valence-electron chi connectivity index (χ4n) is 2.34. The largest absolute Gasteiger partial charge is 0.573 e. The van der Waals surface area contributed by atoms with Gasteiger partial charge < -0.3 is 10.1 Å². The number of halogens is 3. The van der Waals surface area contributed by atoms with Gasteiger partial charge in [0.2, 0.25) is 0 Å². The van der Waals surface area contributed by atoms with Gasteiger partial charge in [-0.05, 0) is 49.9 Å². The lowest BCUT2D eigenvalue weighted by Crippen LogP contribution is -2.34. The van der Waals surface area contributed by atoms with Crippen molar-refractivity contribution in [2.75, 3.05) is 6.54 Å². The number of alkyl halides is 3. The Morgan fingerprint density at radius 1 is 1.14 bits per heavy atom. The third-order valence-electron chi connectivity index (χ3n) is 3.60. The minimum atomic E-state index is -4.63. The lowest BCUT2D eigenvalue weighted by molar-refractivity contribution is -0.274. The lowest BCUT2D eigenvalue weighted by Gasteiger charge is -2.24. The average Bonchev–Trinajstić information content (AvgIpc) is 2.42. The van der Waals surface area contributed by atoms with Crippen LogP contribution in [0.15, 0.2) is 24.3 Å². The maximum absolute atomic E-state index is 12.1. The Morgan fingerprint density at radius 3 is 2.24 bits per heavy atom. The minimum Gasteiger partial charge on any atom is -0.406 e. The van der Waals surface area contributed by atoms with Crippen LogP contribution in [0, 0.1) is 5.92 Å². The van der Waals surface area contributed by atoms with Gasteiger partial charge in [0.1, 0.15) is 5.75 Å². The molecule has 0 saturated carbocycles. The second-order valence-electron chi connectivity index (χ2n) is 5.31. The fourth-order valence-corrected chi connectivity index (χ4v) is 2.34. The summed E-state index contributed by atoms with van der Waals surface area (Å²) in [4.78, 5) is 0. The van der Waals surface area contributed by atoms with Crippen LogP contribution in [0.5, 0.6) is 5.75 Å². The van der Waals surface area contributed by atoms with Gasteiger partial charge in [-0.3, -0.25) is 0 Å². The molecule has 0 fully saturated rings. The molecule has 0 aromatic heterocycles. The third kappa shape index (κ3) is 6.85. The summed E-state index contributed by atoms with van der Waals surface area (Å²) in [7, 11) is 0. The van der Waals surface area contributed by atoms with Gasteiger partial charge >= 0.3 is 6.36 Å². The molecule has 21 heavy (non-hydrogen) atoms. The summed E-state index contributed by atoms with van der Waals surface area (Å²) >= 11 is 0. The van der Waals surface area contributed by atoms with Crippen molar-refractivity contribution in [3.8, 4) is 5.75 Å². The number of ether oxygens (including phenoxy) is 1. The third-order valence-corrected chi connectivity index (χ3v) is 3.60. The fraction of sp³-hybridized carbons (Fsp3) is 0.625. The van der Waals surface area contributed by atoms with Gasteiger partial charge in [-0.15, -0.1) is 13.2 Å². The number of hydrogen-bond donors (Lipinski definition) is 1. The van der Waals surface area contributed by atoms with Gasteiger partial charge in [0, 0.05) is 6.04 Å². The Kier molecular flexibility index (Phi) is 7.02. The van der Waals surface area contributed by atoms with Crippen LogP contribution in [0.3, 0.4) is 0 Å². The zero-order chi connectivity index (χ0) is 15.9. The molecule has 0 aliphatic rings. The second-order valence-corrected chi connectivity index (χ2v) is 5.31. The summed E-state index contributed by atoms with van der Waals surface area (Å²) in [5.41, 5.74) is 1.03. The van der Waals surface area contributed by atoms with E-state index in [0.717, 1.165) is 31.4 Å². The highest BCUT2D eigenvalue weighted by molar-refractivity contribution is 5.27. The normalized spacial score (nSPS) is 14.8. The Morgan fingerprint density at radius 2 is 1.76 bits per heavy atom. The van der Waals surface area contributed by atoms with Crippen LogP contribution in [-0.2, 0) is 6.42 Å². The van der Waals surface area contributed by atoms with Crippen LogP contribution in [0.1, 0.15) is 39.2 Å². The van der Waals surface area contributed by atoms with Gasteiger partial charge in [0.05, 0.1) is 0 Å². The van der Waals surface area contributed by atoms with Crippen LogP contribution in [0.25, 0.3) is 0 Å². The van der Waals surface area contributed by atoms with E-state index in [0.29, 0.717) is 12.0 Å². The molecule has 1 aromatic carbocycles. The van der Waals surface area contributed by atoms with Crippen LogP contribution in [0.4, 0.5) is 13.2 Å². The molecular weight excluding hydrogens is 279 g/mol. The Bertz CT molecular complexity index is 403. The van der Waals surface area contributed by atoms with E-state index in [1.807, 2.05) is 0 Å². The highest BCUT2D eigenvalue weighted by Gasteiger charge is 2.31. The first-order valence-electron chi connectivity index (χ1n) is 7.43. The Balaban J connectivity index is 2.60. The molecule has 5 heteroatoms. The summed E-state index contributed by atoms with van der Waals surface area (Å²) in [5, 5.41) is 3.47. The first-order valence-corrected chi connectivity index (χ1v) is 7.43. The van der Waals surface area contributed by atoms with E-state index in [4.69, 9.17) is 0 Å². The monoisotopic (exact) mass is 303 g/mol. The van der Waals surface area contributed by atoms with Gasteiger partial charge in [-0.2, -0.15) is 0 Å². The number of rotatable bonds is 8. The SMILES string of the molecule is CCCNC(C)C(CC)Cc1ccc(OC(F)(F)F)cc1. The van der Waals surface area contributed by atoms with Gasteiger partial charge in [-0.25, -0.2) is 0 Å². The molecule has 1 N–H and O–H groups in total. The molecule has 0 aliphatic carbocycles. The molecule has 120 valence electrons. The van der Waals surface area contributed by atoms with Gasteiger partial charge in [-0.1, -0.05) is 32.4 Å². The van der Waals surface area contributed by atoms with Crippen molar-refractivity contribution in [3.05, 3.63) is 29.8 Å². The highest BCUT2D eigenvalue weighted by Crippen LogP contribution is 2.24. The molecule has 0 amide bonds. The smallest absolute Gasteiger partial charge is 0.406 e. The molecule has 1 aromatic rings. The molecule has 1 rings (SSSR count). The topological polar surface area (TPSA) is 21.3 Å². The molecular formula is C16H24F3NO. The molecule has 2 atom stereocenters. The van der Waals surface area contributed by atoms with Crippen molar-refractivity contribution in [2.45, 2.75) is 52.4 Å². The molecule has 0 saturated heterocycles. The van der Waals surface area contributed by atoms with Crippen molar-refractivity contribution in [2.24, 2.45) is 5.92 Å². The van der Waals surface area contributed by atoms with Crippen molar-refractivity contribution in [1.29, 1.82) is 0 Å². The van der Waals surface area contributed by atoms with Crippen LogP contribution < -0.4 is 10.1 Å². The maximum Gasteiger partial charge on any atom is 0.573 e. The first kappa shape index (κ1) is 17.8. The molecule has 2 unspecified atom stereocenters. The van der Waals surface area contributed by atoms with Gasteiger partial charge in [0.15, 0.2) is 0 Å².